The molecule has 2 aliphatic heterocycles. The minimum absolute atomic E-state index is 0.0261. The number of pyridine rings is 2. The third-order valence-corrected chi connectivity index (χ3v) is 7.46. The number of aromatic nitrogens is 2. The second kappa shape index (κ2) is 10.4. The lowest BCUT2D eigenvalue weighted by Gasteiger charge is -2.39. The molecule has 2 amide bonds. The largest absolute Gasteiger partial charge is 0.381 e. The molecule has 0 radical (unpaired) electrons. The van der Waals surface area contributed by atoms with Gasteiger partial charge in [0.05, 0.1) is 12.5 Å². The Morgan fingerprint density at radius 1 is 1.15 bits per heavy atom. The summed E-state index contributed by atoms with van der Waals surface area (Å²) in [7, 11) is 0. The quantitative estimate of drug-likeness (QED) is 0.429. The Balaban J connectivity index is 1.49. The molecule has 1 fully saturated rings. The van der Waals surface area contributed by atoms with Crippen molar-refractivity contribution in [1.82, 2.24) is 9.97 Å². The number of ether oxygens (including phenoxy) is 1. The maximum absolute atomic E-state index is 13.7. The van der Waals surface area contributed by atoms with Crippen LogP contribution in [0.3, 0.4) is 0 Å². The van der Waals surface area contributed by atoms with Gasteiger partial charge in [-0.3, -0.25) is 19.5 Å². The molecule has 7 nitrogen and oxygen atoms in total. The van der Waals surface area contributed by atoms with E-state index in [4.69, 9.17) is 9.72 Å². The number of carbonyl (C=O) groups is 2. The molecule has 3 aromatic rings. The molecule has 9 heteroatoms. The Kier molecular flexibility index (Phi) is 7.20. The van der Waals surface area contributed by atoms with Crippen molar-refractivity contribution in [3.8, 4) is 11.1 Å². The number of anilines is 2. The number of hydrogen-bond donors (Lipinski definition) is 1. The highest BCUT2D eigenvalue weighted by atomic mass is 19.3. The Morgan fingerprint density at radius 3 is 2.69 bits per heavy atom. The fraction of sp³-hybridized carbons (Fsp3) is 0.400. The summed E-state index contributed by atoms with van der Waals surface area (Å²) in [6, 6.07) is 10.1. The molecule has 0 spiro atoms. The smallest absolute Gasteiger partial charge is 0.286 e. The molecule has 0 bridgehead atoms. The Bertz CT molecular complexity index is 1420. The number of halogens is 2. The van der Waals surface area contributed by atoms with Crippen molar-refractivity contribution in [2.24, 2.45) is 5.92 Å². The zero-order valence-electron chi connectivity index (χ0n) is 22.5. The number of amides is 2. The Morgan fingerprint density at radius 2 is 1.95 bits per heavy atom. The predicted molar refractivity (Wildman–Crippen MR) is 145 cm³/mol. The van der Waals surface area contributed by atoms with E-state index in [1.165, 1.54) is 12.3 Å². The van der Waals surface area contributed by atoms with Crippen molar-refractivity contribution in [2.75, 3.05) is 23.4 Å². The maximum Gasteiger partial charge on any atom is 0.286 e. The number of nitrogens with zero attached hydrogens (tertiary/aromatic N) is 3. The molecule has 5 rings (SSSR count). The molecule has 2 aromatic heterocycles. The number of benzene rings is 1. The molecule has 39 heavy (non-hydrogen) atoms. The number of aryl methyl sites for hydroxylation is 1. The average Bonchev–Trinajstić information content (AvgIpc) is 3.16. The molecule has 1 aromatic carbocycles. The van der Waals surface area contributed by atoms with E-state index in [9.17, 15) is 18.4 Å². The van der Waals surface area contributed by atoms with Gasteiger partial charge in [-0.1, -0.05) is 6.07 Å². The first kappa shape index (κ1) is 26.9. The van der Waals surface area contributed by atoms with Crippen molar-refractivity contribution in [3.05, 3.63) is 71.2 Å². The van der Waals surface area contributed by atoms with Crippen LogP contribution in [0.4, 0.5) is 20.3 Å². The van der Waals surface area contributed by atoms with Gasteiger partial charge in [0.2, 0.25) is 5.91 Å². The molecule has 1 saturated heterocycles. The number of alkyl halides is 2. The highest BCUT2D eigenvalue weighted by Crippen LogP contribution is 2.44. The number of nitrogens with one attached hydrogen (secondary N) is 1. The molecular weight excluding hydrogens is 502 g/mol. The van der Waals surface area contributed by atoms with Crippen molar-refractivity contribution >= 4 is 23.3 Å². The summed E-state index contributed by atoms with van der Waals surface area (Å²) in [5, 5.41) is 2.82. The van der Waals surface area contributed by atoms with Crippen molar-refractivity contribution in [1.29, 1.82) is 0 Å². The first-order valence-electron chi connectivity index (χ1n) is 13.2. The lowest BCUT2D eigenvalue weighted by atomic mass is 9.79. The van der Waals surface area contributed by atoms with E-state index in [0.29, 0.717) is 24.7 Å². The monoisotopic (exact) mass is 534 g/mol. The number of rotatable bonds is 5. The molecule has 0 unspecified atom stereocenters. The zero-order valence-corrected chi connectivity index (χ0v) is 22.5. The predicted octanol–water partition coefficient (Wildman–Crippen LogP) is 6.08. The fourth-order valence-electron chi connectivity index (χ4n) is 5.45. The maximum atomic E-state index is 13.7. The summed E-state index contributed by atoms with van der Waals surface area (Å²) in [6.45, 7) is 7.73. The summed E-state index contributed by atoms with van der Waals surface area (Å²) in [6.07, 6.45) is 4.70. The van der Waals surface area contributed by atoms with Gasteiger partial charge in [-0.05, 0) is 80.6 Å². The summed E-state index contributed by atoms with van der Waals surface area (Å²) in [5.74, 6) is -3.11. The number of fused-ring (bicyclic) bond motifs is 3. The Hall–Kier alpha value is -3.72. The molecule has 0 aliphatic carbocycles. The van der Waals surface area contributed by atoms with E-state index in [0.717, 1.165) is 48.1 Å². The second-order valence-electron chi connectivity index (χ2n) is 10.7. The van der Waals surface area contributed by atoms with Gasteiger partial charge in [-0.25, -0.2) is 4.98 Å². The molecule has 0 saturated carbocycles. The minimum atomic E-state index is -3.15. The van der Waals surface area contributed by atoms with Crippen molar-refractivity contribution in [2.45, 2.75) is 58.4 Å². The van der Waals surface area contributed by atoms with E-state index in [-0.39, 0.29) is 29.3 Å². The minimum Gasteiger partial charge on any atom is -0.381 e. The van der Waals surface area contributed by atoms with Gasteiger partial charge < -0.3 is 10.1 Å². The number of hydrogen-bond acceptors (Lipinski definition) is 5. The van der Waals surface area contributed by atoms with Crippen LogP contribution in [0.15, 0.2) is 48.8 Å². The number of carbonyl (C=O) groups excluding carboxylic acids is 2. The topological polar surface area (TPSA) is 84.4 Å². The van der Waals surface area contributed by atoms with Crippen LogP contribution in [0.5, 0.6) is 0 Å². The summed E-state index contributed by atoms with van der Waals surface area (Å²) in [4.78, 5) is 36.5. The van der Waals surface area contributed by atoms with Gasteiger partial charge in [-0.15, -0.1) is 0 Å². The fourth-order valence-corrected chi connectivity index (χ4v) is 5.45. The molecule has 4 heterocycles. The van der Waals surface area contributed by atoms with Gasteiger partial charge in [0.25, 0.3) is 11.8 Å². The summed E-state index contributed by atoms with van der Waals surface area (Å²) < 4.78 is 33.2. The Labute approximate surface area is 226 Å². The molecule has 2 atom stereocenters. The molecule has 2 aliphatic rings. The second-order valence-corrected chi connectivity index (χ2v) is 10.7. The van der Waals surface area contributed by atoms with Crippen LogP contribution < -0.4 is 10.2 Å². The van der Waals surface area contributed by atoms with Crippen molar-refractivity contribution in [3.63, 3.8) is 0 Å². The standard InChI is InChI=1S/C30H32F2N4O3/c1-17(2)36-27-24(22-6-5-11-39-16-25(22)29(36)38)12-20(15-34-27)23-14-21(8-7-18(23)3)35-28(37)19-9-10-33-26(13-19)30(4,31)32/h7-10,12-15,17,22,25H,5-6,11,16H2,1-4H3,(H,35,37)/t22-,25+/m0/s1. The van der Waals surface area contributed by atoms with Gasteiger partial charge in [0.1, 0.15) is 11.5 Å². The first-order chi connectivity index (χ1) is 18.5. The molecular formula is C30H32F2N4O3. The third kappa shape index (κ3) is 5.28. The van der Waals surface area contributed by atoms with E-state index < -0.39 is 17.5 Å². The lowest BCUT2D eigenvalue weighted by molar-refractivity contribution is -0.125. The van der Waals surface area contributed by atoms with Crippen LogP contribution in [-0.2, 0) is 15.5 Å². The normalized spacial score (nSPS) is 19.4. The highest BCUT2D eigenvalue weighted by Gasteiger charge is 2.43. The first-order valence-corrected chi connectivity index (χ1v) is 13.2. The van der Waals surface area contributed by atoms with Crippen LogP contribution in [0.25, 0.3) is 11.1 Å². The van der Waals surface area contributed by atoms with Crippen LogP contribution in [0.1, 0.15) is 66.7 Å². The summed E-state index contributed by atoms with van der Waals surface area (Å²) >= 11 is 0. The SMILES string of the molecule is Cc1ccc(NC(=O)c2ccnc(C(C)(F)F)c2)cc1-c1cnc2c(c1)[C@@H]1CCCOC[C@H]1C(=O)N2C(C)C. The van der Waals surface area contributed by atoms with Crippen LogP contribution in [0, 0.1) is 12.8 Å². The van der Waals surface area contributed by atoms with Crippen LogP contribution >= 0.6 is 0 Å². The van der Waals surface area contributed by atoms with Gasteiger partial charge in [-0.2, -0.15) is 8.78 Å². The van der Waals surface area contributed by atoms with Crippen LogP contribution in [-0.4, -0.2) is 41.0 Å². The van der Waals surface area contributed by atoms with E-state index >= 15 is 0 Å². The lowest BCUT2D eigenvalue weighted by Crippen LogP contribution is -2.48. The van der Waals surface area contributed by atoms with Crippen molar-refractivity contribution < 1.29 is 23.1 Å². The van der Waals surface area contributed by atoms with Crippen LogP contribution in [0.2, 0.25) is 0 Å². The molecule has 1 N–H and O–H groups in total. The average molecular weight is 535 g/mol. The molecule has 204 valence electrons. The van der Waals surface area contributed by atoms with Gasteiger partial charge in [0, 0.05) is 54.7 Å². The third-order valence-electron chi connectivity index (χ3n) is 7.46. The highest BCUT2D eigenvalue weighted by molar-refractivity contribution is 6.04. The van der Waals surface area contributed by atoms with E-state index in [1.807, 2.05) is 32.9 Å². The van der Waals surface area contributed by atoms with Gasteiger partial charge >= 0.3 is 0 Å². The summed E-state index contributed by atoms with van der Waals surface area (Å²) in [5.41, 5.74) is 3.94. The zero-order chi connectivity index (χ0) is 27.9. The van der Waals surface area contributed by atoms with E-state index in [2.05, 4.69) is 16.4 Å². The van der Waals surface area contributed by atoms with E-state index in [1.54, 1.807) is 17.2 Å². The van der Waals surface area contributed by atoms with Gasteiger partial charge in [0.15, 0.2) is 0 Å².